The number of nitriles is 3. The van der Waals surface area contributed by atoms with E-state index in [1.165, 1.54) is 14.2 Å². The zero-order valence-electron chi connectivity index (χ0n) is 15.4. The molecule has 1 N–H and O–H groups in total. The van der Waals surface area contributed by atoms with Gasteiger partial charge in [-0.15, -0.1) is 0 Å². The summed E-state index contributed by atoms with van der Waals surface area (Å²) in [6, 6.07) is 10.9. The minimum Gasteiger partial charge on any atom is -0.497 e. The van der Waals surface area contributed by atoms with Crippen LogP contribution in [0.1, 0.15) is 25.5 Å². The molecule has 27 heavy (non-hydrogen) atoms. The largest absolute Gasteiger partial charge is 0.497 e. The van der Waals surface area contributed by atoms with Crippen molar-refractivity contribution in [2.24, 2.45) is 16.7 Å². The second-order valence-corrected chi connectivity index (χ2v) is 6.73. The van der Waals surface area contributed by atoms with Gasteiger partial charge in [-0.1, -0.05) is 6.92 Å². The lowest BCUT2D eigenvalue weighted by molar-refractivity contribution is -0.269. The summed E-state index contributed by atoms with van der Waals surface area (Å²) in [4.78, 5) is 0. The number of hydrogen-bond acceptors (Lipinski definition) is 8. The average molecular weight is 366 g/mol. The van der Waals surface area contributed by atoms with E-state index < -0.39 is 34.5 Å². The van der Waals surface area contributed by atoms with Crippen molar-refractivity contribution in [1.29, 1.82) is 21.2 Å². The summed E-state index contributed by atoms with van der Waals surface area (Å²) in [5, 5.41) is 38.5. The van der Waals surface area contributed by atoms with Crippen LogP contribution in [0.4, 0.5) is 0 Å². The molecular formula is C19H18N4O4. The van der Waals surface area contributed by atoms with E-state index in [1.807, 2.05) is 18.2 Å². The third-order valence-corrected chi connectivity index (χ3v) is 5.71. The molecule has 0 saturated carbocycles. The van der Waals surface area contributed by atoms with Gasteiger partial charge in [0, 0.05) is 12.5 Å². The van der Waals surface area contributed by atoms with Gasteiger partial charge < -0.3 is 18.9 Å². The van der Waals surface area contributed by atoms with Crippen LogP contribution in [0.25, 0.3) is 0 Å². The van der Waals surface area contributed by atoms with Gasteiger partial charge in [-0.3, -0.25) is 5.41 Å². The zero-order chi connectivity index (χ0) is 20.0. The minimum absolute atomic E-state index is 0.368. The van der Waals surface area contributed by atoms with Crippen molar-refractivity contribution in [3.63, 3.8) is 0 Å². The van der Waals surface area contributed by atoms with Gasteiger partial charge in [-0.25, -0.2) is 0 Å². The first kappa shape index (κ1) is 18.5. The fraction of sp³-hybridized carbons (Fsp3) is 0.474. The Balaban J connectivity index is 2.36. The topological polar surface area (TPSA) is 132 Å². The third kappa shape index (κ3) is 2.01. The average Bonchev–Trinajstić information content (AvgIpc) is 2.82. The minimum atomic E-state index is -2.02. The standard InChI is InChI=1S/C19H18N4O4/c1-11-17(2)26-15(13-7-12(24-3)5-6-14(13)25-4)18(8-20,9-21)19(11,10-22)16(23)27-17/h5-7,11,15,23H,1-4H3/t11-,15-,17-,19+/m1/s1. The molecule has 2 saturated heterocycles. The normalized spacial score (nSPS) is 33.1. The second kappa shape index (κ2) is 5.87. The molecule has 0 aliphatic carbocycles. The Morgan fingerprint density at radius 2 is 1.78 bits per heavy atom. The van der Waals surface area contributed by atoms with Gasteiger partial charge in [0.2, 0.25) is 17.1 Å². The molecule has 8 heteroatoms. The third-order valence-electron chi connectivity index (χ3n) is 5.71. The molecule has 3 rings (SSSR count). The molecule has 0 amide bonds. The van der Waals surface area contributed by atoms with Crippen molar-refractivity contribution >= 4 is 5.90 Å². The summed E-state index contributed by atoms with van der Waals surface area (Å²) in [6.07, 6.45) is -1.19. The lowest BCUT2D eigenvalue weighted by atomic mass is 9.54. The van der Waals surface area contributed by atoms with Crippen LogP contribution in [-0.4, -0.2) is 25.9 Å². The van der Waals surface area contributed by atoms with Crippen molar-refractivity contribution in [2.45, 2.75) is 25.7 Å². The van der Waals surface area contributed by atoms with E-state index in [9.17, 15) is 15.8 Å². The molecule has 0 radical (unpaired) electrons. The highest BCUT2D eigenvalue weighted by Gasteiger charge is 2.78. The Hall–Kier alpha value is -3.28. The molecule has 0 spiro atoms. The van der Waals surface area contributed by atoms with E-state index in [-0.39, 0.29) is 0 Å². The van der Waals surface area contributed by atoms with Gasteiger partial charge >= 0.3 is 0 Å². The van der Waals surface area contributed by atoms with E-state index in [0.717, 1.165) is 0 Å². The van der Waals surface area contributed by atoms with Crippen molar-refractivity contribution < 1.29 is 18.9 Å². The number of rotatable bonds is 3. The van der Waals surface area contributed by atoms with E-state index in [1.54, 1.807) is 32.0 Å². The van der Waals surface area contributed by atoms with E-state index in [0.29, 0.717) is 17.1 Å². The maximum atomic E-state index is 10.1. The molecule has 0 aromatic heterocycles. The Morgan fingerprint density at radius 3 is 2.30 bits per heavy atom. The summed E-state index contributed by atoms with van der Waals surface area (Å²) in [5.41, 5.74) is -3.44. The van der Waals surface area contributed by atoms with Gasteiger partial charge in [0.25, 0.3) is 0 Å². The number of hydrogen-bond donors (Lipinski definition) is 1. The maximum Gasteiger partial charge on any atom is 0.214 e. The molecule has 8 nitrogen and oxygen atoms in total. The summed E-state index contributed by atoms with van der Waals surface area (Å²) in [6.45, 7) is 3.25. The predicted molar refractivity (Wildman–Crippen MR) is 91.5 cm³/mol. The molecule has 2 heterocycles. The number of fused-ring (bicyclic) bond motifs is 2. The first-order chi connectivity index (χ1) is 12.8. The molecule has 2 bridgehead atoms. The fourth-order valence-electron chi connectivity index (χ4n) is 4.03. The van der Waals surface area contributed by atoms with Crippen molar-refractivity contribution in [3.05, 3.63) is 23.8 Å². The SMILES string of the molecule is COc1ccc(OC)c([C@H]2O[C@]3(C)OC(=N)[C@](C#N)([C@@H]3C)C2(C#N)C#N)c1. The first-order valence-electron chi connectivity index (χ1n) is 8.21. The Kier molecular flexibility index (Phi) is 4.03. The van der Waals surface area contributed by atoms with Crippen LogP contribution in [0.3, 0.4) is 0 Å². The molecule has 0 unspecified atom stereocenters. The lowest BCUT2D eigenvalue weighted by Crippen LogP contribution is -2.57. The molecule has 1 aromatic rings. The Morgan fingerprint density at radius 1 is 1.11 bits per heavy atom. The van der Waals surface area contributed by atoms with Gasteiger partial charge in [-0.05, 0) is 18.2 Å². The van der Waals surface area contributed by atoms with Gasteiger partial charge in [0.05, 0.1) is 38.3 Å². The number of nitrogens with zero attached hydrogens (tertiary/aromatic N) is 3. The molecule has 4 atom stereocenters. The summed E-state index contributed by atoms with van der Waals surface area (Å²) in [7, 11) is 2.93. The molecule has 1 aromatic carbocycles. The summed E-state index contributed by atoms with van der Waals surface area (Å²) >= 11 is 0. The summed E-state index contributed by atoms with van der Waals surface area (Å²) in [5.74, 6) is -1.66. The van der Waals surface area contributed by atoms with Crippen LogP contribution >= 0.6 is 0 Å². The van der Waals surface area contributed by atoms with E-state index >= 15 is 0 Å². The van der Waals surface area contributed by atoms with Crippen LogP contribution < -0.4 is 9.47 Å². The van der Waals surface area contributed by atoms with E-state index in [2.05, 4.69) is 0 Å². The smallest absolute Gasteiger partial charge is 0.214 e. The highest BCUT2D eigenvalue weighted by atomic mass is 16.7. The highest BCUT2D eigenvalue weighted by Crippen LogP contribution is 2.66. The monoisotopic (exact) mass is 366 g/mol. The van der Waals surface area contributed by atoms with Gasteiger partial charge in [0.15, 0.2) is 5.41 Å². The van der Waals surface area contributed by atoms with Crippen molar-refractivity contribution in [3.8, 4) is 29.7 Å². The van der Waals surface area contributed by atoms with Gasteiger partial charge in [-0.2, -0.15) is 15.8 Å². The quantitative estimate of drug-likeness (QED) is 0.869. The number of benzene rings is 1. The van der Waals surface area contributed by atoms with Gasteiger partial charge in [0.1, 0.15) is 17.6 Å². The number of nitrogens with one attached hydrogen (secondary N) is 1. The highest BCUT2D eigenvalue weighted by molar-refractivity contribution is 5.89. The molecule has 2 aliphatic heterocycles. The van der Waals surface area contributed by atoms with Crippen LogP contribution in [-0.2, 0) is 9.47 Å². The summed E-state index contributed by atoms with van der Waals surface area (Å²) < 4.78 is 22.3. The lowest BCUT2D eigenvalue weighted by Gasteiger charge is -2.47. The molecule has 2 aliphatic rings. The Bertz CT molecular complexity index is 926. The second-order valence-electron chi connectivity index (χ2n) is 6.73. The van der Waals surface area contributed by atoms with Crippen molar-refractivity contribution in [1.82, 2.24) is 0 Å². The fourth-order valence-corrected chi connectivity index (χ4v) is 4.03. The first-order valence-corrected chi connectivity index (χ1v) is 8.21. The molecular weight excluding hydrogens is 348 g/mol. The van der Waals surface area contributed by atoms with Crippen LogP contribution in [0.5, 0.6) is 11.5 Å². The molecule has 2 fully saturated rings. The predicted octanol–water partition coefficient (Wildman–Crippen LogP) is 2.68. The van der Waals surface area contributed by atoms with Crippen LogP contribution in [0, 0.1) is 56.2 Å². The van der Waals surface area contributed by atoms with Crippen LogP contribution in [0.15, 0.2) is 18.2 Å². The van der Waals surface area contributed by atoms with Crippen LogP contribution in [0.2, 0.25) is 0 Å². The number of methoxy groups -OCH3 is 2. The van der Waals surface area contributed by atoms with Crippen molar-refractivity contribution in [2.75, 3.05) is 14.2 Å². The van der Waals surface area contributed by atoms with E-state index in [4.69, 9.17) is 24.4 Å². The maximum absolute atomic E-state index is 10.1. The number of ether oxygens (including phenoxy) is 4. The molecule has 138 valence electrons. The zero-order valence-corrected chi connectivity index (χ0v) is 15.4. The Labute approximate surface area is 156 Å².